The Morgan fingerprint density at radius 1 is 1.47 bits per heavy atom. The predicted molar refractivity (Wildman–Crippen MR) is 71.2 cm³/mol. The van der Waals surface area contributed by atoms with Gasteiger partial charge in [0, 0.05) is 23.5 Å². The molecule has 1 atom stereocenters. The quantitative estimate of drug-likeness (QED) is 0.881. The second-order valence-electron chi connectivity index (χ2n) is 4.54. The number of hydrogen-bond acceptors (Lipinski definition) is 3. The highest BCUT2D eigenvalue weighted by Gasteiger charge is 2.23. The van der Waals surface area contributed by atoms with Gasteiger partial charge in [0.05, 0.1) is 5.69 Å². The standard InChI is InChI=1S/C14H16N2S/c15-8-12-7-11(9-17-12)13-5-1-3-10-4-2-6-16-14(10)13/h2,4,6-7,9,13H,1,3,5,8,15H2. The van der Waals surface area contributed by atoms with Gasteiger partial charge in [-0.2, -0.15) is 0 Å². The van der Waals surface area contributed by atoms with Crippen LogP contribution in [0.3, 0.4) is 0 Å². The Morgan fingerprint density at radius 3 is 3.24 bits per heavy atom. The molecule has 0 aromatic carbocycles. The summed E-state index contributed by atoms with van der Waals surface area (Å²) in [5.74, 6) is 0.483. The van der Waals surface area contributed by atoms with Crippen LogP contribution in [-0.4, -0.2) is 4.98 Å². The van der Waals surface area contributed by atoms with Gasteiger partial charge in [-0.1, -0.05) is 6.07 Å². The summed E-state index contributed by atoms with van der Waals surface area (Å²) in [5, 5.41) is 2.25. The normalized spacial score (nSPS) is 19.0. The monoisotopic (exact) mass is 244 g/mol. The molecule has 0 bridgehead atoms. The van der Waals surface area contributed by atoms with Gasteiger partial charge in [0.2, 0.25) is 0 Å². The SMILES string of the molecule is NCc1cc(C2CCCc3cccnc32)cs1. The number of aryl methyl sites for hydroxylation is 1. The maximum atomic E-state index is 5.68. The smallest absolute Gasteiger partial charge is 0.0510 e. The Morgan fingerprint density at radius 2 is 2.41 bits per heavy atom. The number of thiophene rings is 1. The Bertz CT molecular complexity index is 518. The molecular weight excluding hydrogens is 228 g/mol. The van der Waals surface area contributed by atoms with E-state index in [0.717, 1.165) is 0 Å². The molecule has 2 heterocycles. The molecule has 1 aliphatic rings. The summed E-state index contributed by atoms with van der Waals surface area (Å²) in [5.41, 5.74) is 9.78. The van der Waals surface area contributed by atoms with Crippen molar-refractivity contribution in [2.24, 2.45) is 5.73 Å². The zero-order chi connectivity index (χ0) is 11.7. The summed E-state index contributed by atoms with van der Waals surface area (Å²) in [6, 6.07) is 6.50. The van der Waals surface area contributed by atoms with Gasteiger partial charge in [0.15, 0.2) is 0 Å². The van der Waals surface area contributed by atoms with Gasteiger partial charge in [0.25, 0.3) is 0 Å². The van der Waals surface area contributed by atoms with E-state index in [1.54, 1.807) is 11.3 Å². The molecule has 0 spiro atoms. The topological polar surface area (TPSA) is 38.9 Å². The average molecular weight is 244 g/mol. The minimum Gasteiger partial charge on any atom is -0.326 e. The minimum absolute atomic E-state index is 0.483. The largest absolute Gasteiger partial charge is 0.326 e. The van der Waals surface area contributed by atoms with Crippen molar-refractivity contribution in [3.8, 4) is 0 Å². The molecule has 0 amide bonds. The molecule has 2 aromatic heterocycles. The zero-order valence-corrected chi connectivity index (χ0v) is 10.5. The van der Waals surface area contributed by atoms with E-state index in [-0.39, 0.29) is 0 Å². The maximum Gasteiger partial charge on any atom is 0.0510 e. The van der Waals surface area contributed by atoms with Gasteiger partial charge in [0.1, 0.15) is 0 Å². The van der Waals surface area contributed by atoms with Crippen molar-refractivity contribution in [3.63, 3.8) is 0 Å². The number of nitrogens with two attached hydrogens (primary N) is 1. The van der Waals surface area contributed by atoms with Gasteiger partial charge >= 0.3 is 0 Å². The van der Waals surface area contributed by atoms with Crippen LogP contribution in [0.2, 0.25) is 0 Å². The van der Waals surface area contributed by atoms with E-state index in [1.807, 2.05) is 12.3 Å². The predicted octanol–water partition coefficient (Wildman–Crippen LogP) is 3.07. The van der Waals surface area contributed by atoms with Crippen LogP contribution in [0.4, 0.5) is 0 Å². The van der Waals surface area contributed by atoms with Crippen molar-refractivity contribution in [2.75, 3.05) is 0 Å². The van der Waals surface area contributed by atoms with E-state index in [1.165, 1.54) is 41.0 Å². The third-order valence-electron chi connectivity index (χ3n) is 3.47. The number of hydrogen-bond donors (Lipinski definition) is 1. The van der Waals surface area contributed by atoms with Crippen LogP contribution in [0.25, 0.3) is 0 Å². The summed E-state index contributed by atoms with van der Waals surface area (Å²) < 4.78 is 0. The van der Waals surface area contributed by atoms with Gasteiger partial charge in [-0.05, 0) is 47.9 Å². The van der Waals surface area contributed by atoms with Crippen LogP contribution < -0.4 is 5.73 Å². The van der Waals surface area contributed by atoms with E-state index in [2.05, 4.69) is 22.5 Å². The molecule has 3 rings (SSSR count). The van der Waals surface area contributed by atoms with E-state index >= 15 is 0 Å². The molecule has 0 aliphatic heterocycles. The Balaban J connectivity index is 1.99. The third-order valence-corrected chi connectivity index (χ3v) is 4.45. The lowest BCUT2D eigenvalue weighted by molar-refractivity contribution is 0.599. The first kappa shape index (κ1) is 10.9. The molecule has 2 aromatic rings. The van der Waals surface area contributed by atoms with E-state index in [4.69, 9.17) is 5.73 Å². The van der Waals surface area contributed by atoms with Gasteiger partial charge in [-0.25, -0.2) is 0 Å². The molecule has 2 nitrogen and oxygen atoms in total. The fraction of sp³-hybridized carbons (Fsp3) is 0.357. The molecule has 0 saturated heterocycles. The van der Waals surface area contributed by atoms with E-state index < -0.39 is 0 Å². The summed E-state index contributed by atoms with van der Waals surface area (Å²) in [7, 11) is 0. The molecule has 0 fully saturated rings. The van der Waals surface area contributed by atoms with Crippen LogP contribution in [0.15, 0.2) is 29.8 Å². The van der Waals surface area contributed by atoms with Gasteiger partial charge in [-0.15, -0.1) is 11.3 Å². The molecule has 1 unspecified atom stereocenters. The fourth-order valence-corrected chi connectivity index (χ4v) is 3.44. The van der Waals surface area contributed by atoms with E-state index in [0.29, 0.717) is 12.5 Å². The molecule has 2 N–H and O–H groups in total. The average Bonchev–Trinajstić information content (AvgIpc) is 2.87. The fourth-order valence-electron chi connectivity index (χ4n) is 2.62. The third kappa shape index (κ3) is 2.01. The molecule has 17 heavy (non-hydrogen) atoms. The number of aromatic nitrogens is 1. The Labute approximate surface area is 106 Å². The van der Waals surface area contributed by atoms with Crippen LogP contribution in [0.5, 0.6) is 0 Å². The molecule has 0 saturated carbocycles. The highest BCUT2D eigenvalue weighted by atomic mass is 32.1. The first-order valence-corrected chi connectivity index (χ1v) is 6.97. The van der Waals surface area contributed by atoms with Gasteiger partial charge in [-0.3, -0.25) is 4.98 Å². The Hall–Kier alpha value is -1.19. The second-order valence-corrected chi connectivity index (χ2v) is 5.54. The zero-order valence-electron chi connectivity index (χ0n) is 9.73. The first-order chi connectivity index (χ1) is 8.38. The summed E-state index contributed by atoms with van der Waals surface area (Å²) >= 11 is 1.77. The first-order valence-electron chi connectivity index (χ1n) is 6.09. The lowest BCUT2D eigenvalue weighted by atomic mass is 9.83. The number of fused-ring (bicyclic) bond motifs is 1. The molecule has 1 aliphatic carbocycles. The molecular formula is C14H16N2S. The lowest BCUT2D eigenvalue weighted by Gasteiger charge is -2.23. The number of pyridine rings is 1. The number of rotatable bonds is 2. The van der Waals surface area contributed by atoms with Crippen LogP contribution in [0.1, 0.15) is 40.5 Å². The lowest BCUT2D eigenvalue weighted by Crippen LogP contribution is -2.12. The number of nitrogens with zero attached hydrogens (tertiary/aromatic N) is 1. The van der Waals surface area contributed by atoms with Crippen LogP contribution >= 0.6 is 11.3 Å². The second kappa shape index (κ2) is 4.59. The highest BCUT2D eigenvalue weighted by molar-refractivity contribution is 7.10. The minimum atomic E-state index is 0.483. The molecule has 0 radical (unpaired) electrons. The Kier molecular flexibility index (Phi) is 2.95. The van der Waals surface area contributed by atoms with Crippen LogP contribution in [0, 0.1) is 0 Å². The van der Waals surface area contributed by atoms with Crippen molar-refractivity contribution in [2.45, 2.75) is 31.7 Å². The molecule has 88 valence electrons. The van der Waals surface area contributed by atoms with Crippen LogP contribution in [-0.2, 0) is 13.0 Å². The van der Waals surface area contributed by atoms with Crippen molar-refractivity contribution in [3.05, 3.63) is 51.5 Å². The van der Waals surface area contributed by atoms with E-state index in [9.17, 15) is 0 Å². The maximum absolute atomic E-state index is 5.68. The summed E-state index contributed by atoms with van der Waals surface area (Å²) in [6.07, 6.45) is 5.56. The highest BCUT2D eigenvalue weighted by Crippen LogP contribution is 2.36. The summed E-state index contributed by atoms with van der Waals surface area (Å²) in [6.45, 7) is 0.645. The van der Waals surface area contributed by atoms with Crippen molar-refractivity contribution in [1.82, 2.24) is 4.98 Å². The van der Waals surface area contributed by atoms with Crippen molar-refractivity contribution < 1.29 is 0 Å². The van der Waals surface area contributed by atoms with Gasteiger partial charge < -0.3 is 5.73 Å². The molecule has 3 heteroatoms. The summed E-state index contributed by atoms with van der Waals surface area (Å²) in [4.78, 5) is 5.85. The van der Waals surface area contributed by atoms with Crippen molar-refractivity contribution >= 4 is 11.3 Å². The van der Waals surface area contributed by atoms with Crippen molar-refractivity contribution in [1.29, 1.82) is 0 Å².